The van der Waals surface area contributed by atoms with Crippen molar-refractivity contribution in [2.45, 2.75) is 0 Å². The van der Waals surface area contributed by atoms with Crippen LogP contribution in [0.3, 0.4) is 0 Å². The summed E-state index contributed by atoms with van der Waals surface area (Å²) in [6.07, 6.45) is 2.44. The number of halogens is 1. The lowest BCUT2D eigenvalue weighted by molar-refractivity contribution is 0.112. The first-order valence-corrected chi connectivity index (χ1v) is 4.89. The minimum absolute atomic E-state index is 0.652. The van der Waals surface area contributed by atoms with E-state index in [1.165, 1.54) is 0 Å². The Hall–Kier alpha value is -0.970. The van der Waals surface area contributed by atoms with Crippen LogP contribution in [0.15, 0.2) is 30.5 Å². The fourth-order valence-electron chi connectivity index (χ4n) is 1.21. The number of carbonyl (C=O) groups is 1. The third-order valence-electron chi connectivity index (χ3n) is 1.86. The number of rotatable bonds is 1. The second-order valence-corrected chi connectivity index (χ2v) is 3.74. The van der Waals surface area contributed by atoms with E-state index in [0.29, 0.717) is 5.56 Å². The number of fused-ring (bicyclic) bond motifs is 1. The monoisotopic (exact) mass is 283 g/mol. The van der Waals surface area contributed by atoms with Crippen LogP contribution in [0.1, 0.15) is 10.4 Å². The van der Waals surface area contributed by atoms with Gasteiger partial charge in [-0.15, -0.1) is 0 Å². The van der Waals surface area contributed by atoms with Gasteiger partial charge in [-0.3, -0.25) is 9.78 Å². The van der Waals surface area contributed by atoms with Gasteiger partial charge in [-0.2, -0.15) is 0 Å². The average Bonchev–Trinajstić information content (AvgIpc) is 2.19. The molecule has 0 radical (unpaired) electrons. The van der Waals surface area contributed by atoms with Gasteiger partial charge >= 0.3 is 0 Å². The highest BCUT2D eigenvalue weighted by molar-refractivity contribution is 14.1. The van der Waals surface area contributed by atoms with Crippen LogP contribution in [-0.2, 0) is 0 Å². The fraction of sp³-hybridized carbons (Fsp3) is 0. The Kier molecular flexibility index (Phi) is 2.26. The van der Waals surface area contributed by atoms with E-state index in [-0.39, 0.29) is 0 Å². The van der Waals surface area contributed by atoms with E-state index in [4.69, 9.17) is 0 Å². The molecule has 2 aromatic rings. The van der Waals surface area contributed by atoms with Crippen LogP contribution < -0.4 is 0 Å². The zero-order valence-corrected chi connectivity index (χ0v) is 8.86. The average molecular weight is 283 g/mol. The molecule has 0 N–H and O–H groups in total. The van der Waals surface area contributed by atoms with Crippen molar-refractivity contribution in [3.63, 3.8) is 0 Å². The van der Waals surface area contributed by atoms with Crippen molar-refractivity contribution in [1.29, 1.82) is 0 Å². The molecule has 0 spiro atoms. The molecule has 2 nitrogen and oxygen atoms in total. The van der Waals surface area contributed by atoms with E-state index in [1.54, 1.807) is 6.20 Å². The molecule has 0 unspecified atom stereocenters. The predicted molar refractivity (Wildman–Crippen MR) is 59.8 cm³/mol. The van der Waals surface area contributed by atoms with Gasteiger partial charge < -0.3 is 0 Å². The Morgan fingerprint density at radius 1 is 1.31 bits per heavy atom. The molecule has 1 aromatic heterocycles. The molecule has 0 saturated carbocycles. The number of carbonyl (C=O) groups excluding carboxylic acids is 1. The fourth-order valence-corrected chi connectivity index (χ4v) is 1.93. The van der Waals surface area contributed by atoms with Gasteiger partial charge in [0.2, 0.25) is 0 Å². The van der Waals surface area contributed by atoms with Crippen LogP contribution in [0.25, 0.3) is 10.9 Å². The number of aldehydes is 1. The molecule has 0 bridgehead atoms. The molecule has 13 heavy (non-hydrogen) atoms. The standard InChI is InChI=1S/C10H6INO/c11-10-7(6-13)5-12-9-4-2-1-3-8(9)10/h1-6H. The van der Waals surface area contributed by atoms with E-state index < -0.39 is 0 Å². The van der Waals surface area contributed by atoms with Crippen molar-refractivity contribution in [2.24, 2.45) is 0 Å². The molecule has 0 saturated heterocycles. The molecule has 0 aliphatic rings. The van der Waals surface area contributed by atoms with Crippen LogP contribution in [-0.4, -0.2) is 11.3 Å². The second kappa shape index (κ2) is 3.41. The number of para-hydroxylation sites is 1. The van der Waals surface area contributed by atoms with Crippen molar-refractivity contribution in [2.75, 3.05) is 0 Å². The lowest BCUT2D eigenvalue weighted by Crippen LogP contribution is -1.90. The maximum Gasteiger partial charge on any atom is 0.152 e. The number of nitrogens with zero attached hydrogens (tertiary/aromatic N) is 1. The lowest BCUT2D eigenvalue weighted by Gasteiger charge is -2.00. The van der Waals surface area contributed by atoms with Crippen molar-refractivity contribution >= 4 is 39.8 Å². The van der Waals surface area contributed by atoms with Crippen molar-refractivity contribution < 1.29 is 4.79 Å². The minimum Gasteiger partial charge on any atom is -0.298 e. The highest BCUT2D eigenvalue weighted by atomic mass is 127. The van der Waals surface area contributed by atoms with Crippen LogP contribution in [0.4, 0.5) is 0 Å². The molecule has 1 heterocycles. The number of aromatic nitrogens is 1. The summed E-state index contributed by atoms with van der Waals surface area (Å²) >= 11 is 2.17. The molecule has 0 amide bonds. The van der Waals surface area contributed by atoms with Gasteiger partial charge in [0.15, 0.2) is 6.29 Å². The summed E-state index contributed by atoms with van der Waals surface area (Å²) < 4.78 is 0.971. The molecule has 1 aromatic carbocycles. The maximum absolute atomic E-state index is 10.6. The van der Waals surface area contributed by atoms with Crippen molar-refractivity contribution in [3.8, 4) is 0 Å². The van der Waals surface area contributed by atoms with Gasteiger partial charge in [0, 0.05) is 20.7 Å². The molecule has 64 valence electrons. The zero-order chi connectivity index (χ0) is 9.26. The van der Waals surface area contributed by atoms with Gasteiger partial charge in [-0.05, 0) is 28.7 Å². The van der Waals surface area contributed by atoms with Gasteiger partial charge in [-0.25, -0.2) is 0 Å². The Morgan fingerprint density at radius 2 is 2.08 bits per heavy atom. The molecular formula is C10H6INO. The topological polar surface area (TPSA) is 30.0 Å². The van der Waals surface area contributed by atoms with E-state index in [0.717, 1.165) is 20.8 Å². The number of hydrogen-bond donors (Lipinski definition) is 0. The minimum atomic E-state index is 0.652. The Morgan fingerprint density at radius 3 is 2.85 bits per heavy atom. The molecule has 0 aliphatic heterocycles. The Bertz CT molecular complexity index is 467. The summed E-state index contributed by atoms with van der Waals surface area (Å²) in [5.74, 6) is 0. The van der Waals surface area contributed by atoms with E-state index in [9.17, 15) is 4.79 Å². The van der Waals surface area contributed by atoms with E-state index >= 15 is 0 Å². The Labute approximate surface area is 89.1 Å². The lowest BCUT2D eigenvalue weighted by atomic mass is 10.2. The predicted octanol–water partition coefficient (Wildman–Crippen LogP) is 2.65. The quantitative estimate of drug-likeness (QED) is 0.595. The largest absolute Gasteiger partial charge is 0.298 e. The zero-order valence-electron chi connectivity index (χ0n) is 6.70. The third-order valence-corrected chi connectivity index (χ3v) is 3.07. The summed E-state index contributed by atoms with van der Waals surface area (Å²) in [7, 11) is 0. The number of hydrogen-bond acceptors (Lipinski definition) is 2. The normalized spacial score (nSPS) is 10.2. The molecule has 3 heteroatoms. The summed E-state index contributed by atoms with van der Waals surface area (Å²) in [5, 5.41) is 1.03. The SMILES string of the molecule is O=Cc1cnc2ccccc2c1I. The van der Waals surface area contributed by atoms with Gasteiger partial charge in [0.25, 0.3) is 0 Å². The number of pyridine rings is 1. The first-order valence-electron chi connectivity index (χ1n) is 3.81. The molecule has 2 rings (SSSR count). The summed E-state index contributed by atoms with van der Waals surface area (Å²) in [5.41, 5.74) is 1.58. The first kappa shape index (κ1) is 8.62. The van der Waals surface area contributed by atoms with Gasteiger partial charge in [0.1, 0.15) is 0 Å². The maximum atomic E-state index is 10.6. The second-order valence-electron chi connectivity index (χ2n) is 2.66. The number of benzene rings is 1. The van der Waals surface area contributed by atoms with Crippen molar-refractivity contribution in [3.05, 3.63) is 39.6 Å². The first-order chi connectivity index (χ1) is 6.33. The van der Waals surface area contributed by atoms with E-state index in [1.807, 2.05) is 24.3 Å². The van der Waals surface area contributed by atoms with Crippen LogP contribution >= 0.6 is 22.6 Å². The van der Waals surface area contributed by atoms with Crippen molar-refractivity contribution in [1.82, 2.24) is 4.98 Å². The van der Waals surface area contributed by atoms with E-state index in [2.05, 4.69) is 27.6 Å². The molecular weight excluding hydrogens is 277 g/mol. The highest BCUT2D eigenvalue weighted by Crippen LogP contribution is 2.20. The van der Waals surface area contributed by atoms with Crippen LogP contribution in [0, 0.1) is 3.57 Å². The van der Waals surface area contributed by atoms with Gasteiger partial charge in [0.05, 0.1) is 5.52 Å². The summed E-state index contributed by atoms with van der Waals surface area (Å²) in [4.78, 5) is 14.8. The smallest absolute Gasteiger partial charge is 0.152 e. The highest BCUT2D eigenvalue weighted by Gasteiger charge is 2.03. The van der Waals surface area contributed by atoms with Crippen LogP contribution in [0.5, 0.6) is 0 Å². The molecule has 0 fully saturated rings. The summed E-state index contributed by atoms with van der Waals surface area (Å²) in [6.45, 7) is 0. The van der Waals surface area contributed by atoms with Crippen LogP contribution in [0.2, 0.25) is 0 Å². The third kappa shape index (κ3) is 1.44. The summed E-state index contributed by atoms with van der Waals surface area (Å²) in [6, 6.07) is 7.79. The molecule has 0 atom stereocenters. The van der Waals surface area contributed by atoms with Gasteiger partial charge in [-0.1, -0.05) is 18.2 Å². The molecule has 0 aliphatic carbocycles. The Balaban J connectivity index is 2.86.